The Morgan fingerprint density at radius 3 is 2.50 bits per heavy atom. The number of aromatic nitrogens is 5. The van der Waals surface area contributed by atoms with Crippen molar-refractivity contribution in [1.82, 2.24) is 29.5 Å². The highest BCUT2D eigenvalue weighted by molar-refractivity contribution is 5.92. The summed E-state index contributed by atoms with van der Waals surface area (Å²) in [5.74, 6) is 1.38. The first kappa shape index (κ1) is 22.4. The maximum Gasteiger partial charge on any atom is 0.226 e. The molecule has 0 atom stereocenters. The summed E-state index contributed by atoms with van der Waals surface area (Å²) in [5, 5.41) is 9.31. The second kappa shape index (κ2) is 9.54. The van der Waals surface area contributed by atoms with Gasteiger partial charge in [-0.15, -0.1) is 5.10 Å². The number of hydrogen-bond donors (Lipinski definition) is 1. The van der Waals surface area contributed by atoms with E-state index < -0.39 is 0 Å². The van der Waals surface area contributed by atoms with E-state index in [0.29, 0.717) is 11.8 Å². The van der Waals surface area contributed by atoms with Crippen molar-refractivity contribution >= 4 is 28.2 Å². The molecule has 0 bridgehead atoms. The molecule has 6 rings (SSSR count). The fourth-order valence-corrected chi connectivity index (χ4v) is 4.91. The number of nitrogens with one attached hydrogen (secondary N) is 1. The zero-order chi connectivity index (χ0) is 24.5. The lowest BCUT2D eigenvalue weighted by Crippen LogP contribution is -2.47. The van der Waals surface area contributed by atoms with Gasteiger partial charge in [-0.25, -0.2) is 9.97 Å². The summed E-state index contributed by atoms with van der Waals surface area (Å²) in [6.07, 6.45) is 3.52. The minimum absolute atomic E-state index is 0.668. The summed E-state index contributed by atoms with van der Waals surface area (Å²) < 4.78 is 1.83. The van der Waals surface area contributed by atoms with Crippen molar-refractivity contribution in [2.45, 2.75) is 13.8 Å². The molecule has 0 radical (unpaired) electrons. The van der Waals surface area contributed by atoms with E-state index in [0.717, 1.165) is 61.4 Å². The van der Waals surface area contributed by atoms with Gasteiger partial charge < -0.3 is 10.2 Å². The third kappa shape index (κ3) is 4.24. The van der Waals surface area contributed by atoms with Gasteiger partial charge >= 0.3 is 0 Å². The van der Waals surface area contributed by atoms with Crippen molar-refractivity contribution in [3.8, 4) is 11.4 Å². The smallest absolute Gasteiger partial charge is 0.226 e. The lowest BCUT2D eigenvalue weighted by molar-refractivity contribution is 0.267. The summed E-state index contributed by atoms with van der Waals surface area (Å²) >= 11 is 0. The fourth-order valence-electron chi connectivity index (χ4n) is 4.91. The summed E-state index contributed by atoms with van der Waals surface area (Å²) in [6, 6.07) is 18.5. The molecule has 8 nitrogen and oxygen atoms in total. The van der Waals surface area contributed by atoms with E-state index in [1.54, 1.807) is 12.4 Å². The molecule has 0 unspecified atom stereocenters. The molecule has 1 aliphatic rings. The molecule has 4 heterocycles. The van der Waals surface area contributed by atoms with Crippen molar-refractivity contribution < 1.29 is 0 Å². The van der Waals surface area contributed by atoms with E-state index in [-0.39, 0.29) is 0 Å². The Morgan fingerprint density at radius 1 is 0.861 bits per heavy atom. The van der Waals surface area contributed by atoms with Gasteiger partial charge in [-0.2, -0.15) is 4.52 Å². The number of piperazine rings is 1. The topological polar surface area (TPSA) is 74.5 Å². The highest BCUT2D eigenvalue weighted by atomic mass is 15.4. The SMILES string of the molecule is Cc1cccc(N2CCN(CCNc3nc4ccccc4c4nc(-c5ccncc5)nn34)CC2)c1C. The molecule has 1 aliphatic heterocycles. The van der Waals surface area contributed by atoms with Gasteiger partial charge in [0.05, 0.1) is 5.52 Å². The minimum Gasteiger partial charge on any atom is -0.369 e. The van der Waals surface area contributed by atoms with Crippen LogP contribution in [0.4, 0.5) is 11.6 Å². The van der Waals surface area contributed by atoms with E-state index in [9.17, 15) is 0 Å². The molecule has 1 fully saturated rings. The zero-order valence-corrected chi connectivity index (χ0v) is 20.7. The highest BCUT2D eigenvalue weighted by Crippen LogP contribution is 2.25. The van der Waals surface area contributed by atoms with Gasteiger partial charge in [-0.05, 0) is 55.3 Å². The van der Waals surface area contributed by atoms with Crippen molar-refractivity contribution in [3.05, 3.63) is 78.1 Å². The average molecular weight is 479 g/mol. The Bertz CT molecular complexity index is 1500. The van der Waals surface area contributed by atoms with Crippen LogP contribution in [-0.4, -0.2) is 68.7 Å². The number of benzene rings is 2. The summed E-state index contributed by atoms with van der Waals surface area (Å²) in [6.45, 7) is 10.3. The quantitative estimate of drug-likeness (QED) is 0.392. The number of anilines is 2. The first-order valence-electron chi connectivity index (χ1n) is 12.5. The van der Waals surface area contributed by atoms with Crippen molar-refractivity contribution in [3.63, 3.8) is 0 Å². The van der Waals surface area contributed by atoms with E-state index in [4.69, 9.17) is 15.1 Å². The Kier molecular flexibility index (Phi) is 5.95. The average Bonchev–Trinajstić information content (AvgIpc) is 3.38. The van der Waals surface area contributed by atoms with E-state index in [2.05, 4.69) is 52.1 Å². The second-order valence-corrected chi connectivity index (χ2v) is 9.33. The van der Waals surface area contributed by atoms with Crippen molar-refractivity contribution in [1.29, 1.82) is 0 Å². The standard InChI is InChI=1S/C28H30N8/c1-20-6-5-9-25(21(20)2)35-18-16-34(17-19-35)15-14-30-28-31-24-8-4-3-7-23(24)27-32-26(33-36(27)28)22-10-12-29-13-11-22/h3-13H,14-19H2,1-2H3,(H,30,31). The maximum atomic E-state index is 4.87. The van der Waals surface area contributed by atoms with Gasteiger partial charge in [0.1, 0.15) is 0 Å². The molecule has 0 spiro atoms. The van der Waals surface area contributed by atoms with E-state index in [1.807, 2.05) is 40.9 Å². The molecule has 2 aromatic carbocycles. The van der Waals surface area contributed by atoms with Gasteiger partial charge in [0.25, 0.3) is 0 Å². The molecule has 1 saturated heterocycles. The predicted octanol–water partition coefficient (Wildman–Crippen LogP) is 4.19. The molecule has 8 heteroatoms. The molecule has 182 valence electrons. The number of para-hydroxylation sites is 1. The Hall–Kier alpha value is -4.04. The molecule has 0 amide bonds. The van der Waals surface area contributed by atoms with Crippen LogP contribution in [0.2, 0.25) is 0 Å². The number of aryl methyl sites for hydroxylation is 1. The Balaban J connectivity index is 1.17. The van der Waals surface area contributed by atoms with Crippen LogP contribution in [0.25, 0.3) is 27.9 Å². The van der Waals surface area contributed by atoms with Crippen LogP contribution in [0.15, 0.2) is 67.0 Å². The number of nitrogens with zero attached hydrogens (tertiary/aromatic N) is 7. The van der Waals surface area contributed by atoms with Crippen LogP contribution in [0.1, 0.15) is 11.1 Å². The van der Waals surface area contributed by atoms with Gasteiger partial charge in [0.15, 0.2) is 11.5 Å². The number of hydrogen-bond acceptors (Lipinski definition) is 7. The number of rotatable bonds is 6. The first-order chi connectivity index (χ1) is 17.7. The normalized spacial score (nSPS) is 14.6. The van der Waals surface area contributed by atoms with Gasteiger partial charge in [-0.1, -0.05) is 24.3 Å². The third-order valence-electron chi connectivity index (χ3n) is 7.12. The van der Waals surface area contributed by atoms with Crippen molar-refractivity contribution in [2.24, 2.45) is 0 Å². The summed E-state index contributed by atoms with van der Waals surface area (Å²) in [7, 11) is 0. The molecule has 0 saturated carbocycles. The minimum atomic E-state index is 0.668. The first-order valence-corrected chi connectivity index (χ1v) is 12.5. The van der Waals surface area contributed by atoms with Gasteiger partial charge in [0.2, 0.25) is 5.95 Å². The van der Waals surface area contributed by atoms with Crippen LogP contribution >= 0.6 is 0 Å². The highest BCUT2D eigenvalue weighted by Gasteiger charge is 2.19. The summed E-state index contributed by atoms with van der Waals surface area (Å²) in [4.78, 5) is 18.9. The number of fused-ring (bicyclic) bond motifs is 3. The Morgan fingerprint density at radius 2 is 1.67 bits per heavy atom. The molecule has 5 aromatic rings. The van der Waals surface area contributed by atoms with Crippen LogP contribution in [0.5, 0.6) is 0 Å². The lowest BCUT2D eigenvalue weighted by atomic mass is 10.1. The lowest BCUT2D eigenvalue weighted by Gasteiger charge is -2.37. The molecular weight excluding hydrogens is 448 g/mol. The Labute approximate surface area is 210 Å². The number of pyridine rings is 1. The molecule has 1 N–H and O–H groups in total. The van der Waals surface area contributed by atoms with Gasteiger partial charge in [-0.3, -0.25) is 9.88 Å². The van der Waals surface area contributed by atoms with Crippen LogP contribution in [0.3, 0.4) is 0 Å². The second-order valence-electron chi connectivity index (χ2n) is 9.33. The predicted molar refractivity (Wildman–Crippen MR) is 145 cm³/mol. The van der Waals surface area contributed by atoms with E-state index >= 15 is 0 Å². The van der Waals surface area contributed by atoms with Crippen LogP contribution in [-0.2, 0) is 0 Å². The zero-order valence-electron chi connectivity index (χ0n) is 20.7. The maximum absolute atomic E-state index is 4.87. The third-order valence-corrected chi connectivity index (χ3v) is 7.12. The molecule has 0 aliphatic carbocycles. The monoisotopic (exact) mass is 478 g/mol. The summed E-state index contributed by atoms with van der Waals surface area (Å²) in [5.41, 5.74) is 6.75. The van der Waals surface area contributed by atoms with Crippen LogP contribution in [0, 0.1) is 13.8 Å². The fraction of sp³-hybridized carbons (Fsp3) is 0.286. The van der Waals surface area contributed by atoms with Gasteiger partial charge in [0, 0.05) is 68.3 Å². The molecule has 3 aromatic heterocycles. The molecular formula is C28H30N8. The van der Waals surface area contributed by atoms with E-state index in [1.165, 1.54) is 16.8 Å². The largest absolute Gasteiger partial charge is 0.369 e. The molecule has 36 heavy (non-hydrogen) atoms. The van der Waals surface area contributed by atoms with Crippen molar-refractivity contribution in [2.75, 3.05) is 49.5 Å². The van der Waals surface area contributed by atoms with Crippen LogP contribution < -0.4 is 10.2 Å².